The maximum absolute atomic E-state index is 6.05. The molecule has 106 valence electrons. The second-order valence-electron chi connectivity index (χ2n) is 6.18. The summed E-state index contributed by atoms with van der Waals surface area (Å²) in [5.74, 6) is 1.87. The van der Waals surface area contributed by atoms with Crippen LogP contribution in [-0.4, -0.2) is 29.1 Å². The lowest BCUT2D eigenvalue weighted by Crippen LogP contribution is -2.31. The van der Waals surface area contributed by atoms with E-state index in [2.05, 4.69) is 28.0 Å². The van der Waals surface area contributed by atoms with Gasteiger partial charge in [-0.2, -0.15) is 0 Å². The fourth-order valence-corrected chi connectivity index (χ4v) is 4.39. The van der Waals surface area contributed by atoms with Gasteiger partial charge in [0.2, 0.25) is 0 Å². The number of fused-ring (bicyclic) bond motifs is 1. The van der Waals surface area contributed by atoms with Crippen molar-refractivity contribution in [1.29, 1.82) is 0 Å². The summed E-state index contributed by atoms with van der Waals surface area (Å²) in [7, 11) is 2.15. The number of aromatic nitrogens is 2. The van der Waals surface area contributed by atoms with Crippen molar-refractivity contribution in [1.82, 2.24) is 9.97 Å². The van der Waals surface area contributed by atoms with Gasteiger partial charge in [-0.15, -0.1) is 11.3 Å². The minimum atomic E-state index is 0.351. The van der Waals surface area contributed by atoms with E-state index in [-0.39, 0.29) is 0 Å². The van der Waals surface area contributed by atoms with E-state index in [9.17, 15) is 0 Å². The van der Waals surface area contributed by atoms with E-state index in [0.717, 1.165) is 29.4 Å². The van der Waals surface area contributed by atoms with E-state index in [0.29, 0.717) is 12.1 Å². The highest BCUT2D eigenvalue weighted by molar-refractivity contribution is 7.18. The molecule has 4 nitrogen and oxygen atoms in total. The molecule has 20 heavy (non-hydrogen) atoms. The normalized spacial score (nSPS) is 26.3. The Hall–Kier alpha value is -1.20. The van der Waals surface area contributed by atoms with Gasteiger partial charge in [0.15, 0.2) is 0 Å². The Kier molecular flexibility index (Phi) is 2.93. The molecule has 2 fully saturated rings. The number of rotatable bonds is 3. The Morgan fingerprint density at radius 2 is 2.10 bits per heavy atom. The molecule has 2 aliphatic carbocycles. The lowest BCUT2D eigenvalue weighted by atomic mass is 10.2. The molecule has 0 amide bonds. The van der Waals surface area contributed by atoms with Gasteiger partial charge in [0.25, 0.3) is 0 Å². The van der Waals surface area contributed by atoms with Crippen molar-refractivity contribution in [2.45, 2.75) is 50.1 Å². The highest BCUT2D eigenvalue weighted by Crippen LogP contribution is 2.45. The summed E-state index contributed by atoms with van der Waals surface area (Å²) in [4.78, 5) is 13.9. The Labute approximate surface area is 123 Å². The van der Waals surface area contributed by atoms with Gasteiger partial charge in [-0.1, -0.05) is 0 Å². The molecule has 5 heteroatoms. The standard InChI is InChI=1S/C15H20N4S/c1-19(11-5-4-10(16)6-11)14-12-7-13(9-2-3-9)20-15(12)18-8-17-14/h7-11H,2-6,16H2,1H3. The van der Waals surface area contributed by atoms with Gasteiger partial charge in [-0.3, -0.25) is 0 Å². The monoisotopic (exact) mass is 288 g/mol. The summed E-state index contributed by atoms with van der Waals surface area (Å²) >= 11 is 1.84. The van der Waals surface area contributed by atoms with Crippen LogP contribution in [0.2, 0.25) is 0 Å². The summed E-state index contributed by atoms with van der Waals surface area (Å²) in [6, 6.07) is 3.19. The molecule has 0 spiro atoms. The van der Waals surface area contributed by atoms with E-state index in [4.69, 9.17) is 5.73 Å². The quantitative estimate of drug-likeness (QED) is 0.943. The largest absolute Gasteiger partial charge is 0.356 e. The van der Waals surface area contributed by atoms with Crippen molar-refractivity contribution in [3.8, 4) is 0 Å². The molecule has 0 aromatic carbocycles. The fraction of sp³-hybridized carbons (Fsp3) is 0.600. The maximum atomic E-state index is 6.05. The van der Waals surface area contributed by atoms with Crippen molar-refractivity contribution in [3.63, 3.8) is 0 Å². The molecule has 2 heterocycles. The molecular weight excluding hydrogens is 268 g/mol. The zero-order valence-corrected chi connectivity index (χ0v) is 12.6. The topological polar surface area (TPSA) is 55.0 Å². The van der Waals surface area contributed by atoms with Gasteiger partial charge >= 0.3 is 0 Å². The number of nitrogens with zero attached hydrogens (tertiary/aromatic N) is 3. The zero-order chi connectivity index (χ0) is 13.7. The minimum absolute atomic E-state index is 0.351. The van der Waals surface area contributed by atoms with Crippen LogP contribution in [0.1, 0.15) is 42.9 Å². The molecule has 2 aromatic rings. The number of thiophene rings is 1. The smallest absolute Gasteiger partial charge is 0.140 e. The van der Waals surface area contributed by atoms with E-state index in [1.165, 1.54) is 29.5 Å². The number of anilines is 1. The third-order valence-corrected chi connectivity index (χ3v) is 5.84. The van der Waals surface area contributed by atoms with Crippen LogP contribution in [-0.2, 0) is 0 Å². The predicted molar refractivity (Wildman–Crippen MR) is 83.4 cm³/mol. The highest BCUT2D eigenvalue weighted by Gasteiger charge is 2.29. The molecule has 2 aromatic heterocycles. The summed E-state index contributed by atoms with van der Waals surface area (Å²) in [6.45, 7) is 0. The molecule has 0 bridgehead atoms. The molecule has 2 aliphatic rings. The van der Waals surface area contributed by atoms with Gasteiger partial charge in [0, 0.05) is 24.0 Å². The van der Waals surface area contributed by atoms with Crippen LogP contribution in [0.4, 0.5) is 5.82 Å². The SMILES string of the molecule is CN(c1ncnc2sc(C3CC3)cc12)C1CCC(N)C1. The average Bonchev–Trinajstić information content (AvgIpc) is 3.06. The van der Waals surface area contributed by atoms with Gasteiger partial charge in [-0.05, 0) is 44.1 Å². The van der Waals surface area contributed by atoms with Crippen LogP contribution in [0.3, 0.4) is 0 Å². The van der Waals surface area contributed by atoms with Crippen molar-refractivity contribution in [2.75, 3.05) is 11.9 Å². The highest BCUT2D eigenvalue weighted by atomic mass is 32.1. The number of nitrogens with two attached hydrogens (primary N) is 1. The average molecular weight is 288 g/mol. The first-order valence-electron chi connectivity index (χ1n) is 7.45. The van der Waals surface area contributed by atoms with E-state index in [1.807, 2.05) is 11.3 Å². The van der Waals surface area contributed by atoms with Gasteiger partial charge in [-0.25, -0.2) is 9.97 Å². The first-order chi connectivity index (χ1) is 9.72. The summed E-state index contributed by atoms with van der Waals surface area (Å²) in [6.07, 6.45) is 7.74. The lowest BCUT2D eigenvalue weighted by molar-refractivity contribution is 0.628. The maximum Gasteiger partial charge on any atom is 0.140 e. The second-order valence-corrected chi connectivity index (χ2v) is 7.24. The molecule has 2 N–H and O–H groups in total. The van der Waals surface area contributed by atoms with Gasteiger partial charge in [0.05, 0.1) is 5.39 Å². The number of hydrogen-bond donors (Lipinski definition) is 1. The minimum Gasteiger partial charge on any atom is -0.356 e. The Balaban J connectivity index is 1.71. The molecule has 0 radical (unpaired) electrons. The Bertz CT molecular complexity index is 634. The van der Waals surface area contributed by atoms with Crippen molar-refractivity contribution >= 4 is 27.4 Å². The predicted octanol–water partition coefficient (Wildman–Crippen LogP) is 2.88. The van der Waals surface area contributed by atoms with Crippen LogP contribution in [0, 0.1) is 0 Å². The molecule has 2 atom stereocenters. The van der Waals surface area contributed by atoms with Crippen molar-refractivity contribution < 1.29 is 0 Å². The Morgan fingerprint density at radius 1 is 1.25 bits per heavy atom. The van der Waals surface area contributed by atoms with E-state index >= 15 is 0 Å². The van der Waals surface area contributed by atoms with Crippen LogP contribution in [0.5, 0.6) is 0 Å². The molecule has 2 unspecified atom stereocenters. The fourth-order valence-electron chi connectivity index (χ4n) is 3.23. The summed E-state index contributed by atoms with van der Waals surface area (Å²) in [5, 5.41) is 1.22. The zero-order valence-electron chi connectivity index (χ0n) is 11.7. The van der Waals surface area contributed by atoms with Crippen LogP contribution in [0.25, 0.3) is 10.2 Å². The van der Waals surface area contributed by atoms with E-state index < -0.39 is 0 Å². The third-order valence-electron chi connectivity index (χ3n) is 4.63. The van der Waals surface area contributed by atoms with Gasteiger partial charge in [0.1, 0.15) is 17.0 Å². The second kappa shape index (κ2) is 4.67. The van der Waals surface area contributed by atoms with Crippen molar-refractivity contribution in [3.05, 3.63) is 17.3 Å². The molecule has 4 rings (SSSR count). The first kappa shape index (κ1) is 12.5. The summed E-state index contributed by atoms with van der Waals surface area (Å²) in [5.41, 5.74) is 6.05. The summed E-state index contributed by atoms with van der Waals surface area (Å²) < 4.78 is 0. The first-order valence-corrected chi connectivity index (χ1v) is 8.27. The van der Waals surface area contributed by atoms with E-state index in [1.54, 1.807) is 6.33 Å². The Morgan fingerprint density at radius 3 is 2.80 bits per heavy atom. The third kappa shape index (κ3) is 2.09. The molecule has 2 saturated carbocycles. The molecule has 0 aliphatic heterocycles. The van der Waals surface area contributed by atoms with Crippen molar-refractivity contribution in [2.24, 2.45) is 5.73 Å². The van der Waals surface area contributed by atoms with Crippen LogP contribution >= 0.6 is 11.3 Å². The van der Waals surface area contributed by atoms with Crippen LogP contribution in [0.15, 0.2) is 12.4 Å². The molecule has 0 saturated heterocycles. The molecular formula is C15H20N4S. The van der Waals surface area contributed by atoms with Crippen LogP contribution < -0.4 is 10.6 Å². The lowest BCUT2D eigenvalue weighted by Gasteiger charge is -2.25. The van der Waals surface area contributed by atoms with Gasteiger partial charge < -0.3 is 10.6 Å². The number of hydrogen-bond acceptors (Lipinski definition) is 5.